The van der Waals surface area contributed by atoms with Crippen molar-refractivity contribution in [1.82, 2.24) is 4.72 Å². The molecule has 1 aromatic carbocycles. The summed E-state index contributed by atoms with van der Waals surface area (Å²) in [6.07, 6.45) is 1.85. The molecule has 1 aliphatic rings. The first-order chi connectivity index (χ1) is 7.12. The molecule has 1 saturated carbocycles. The molecule has 1 fully saturated rings. The second kappa shape index (κ2) is 3.92. The van der Waals surface area contributed by atoms with E-state index in [4.69, 9.17) is 5.11 Å². The van der Waals surface area contributed by atoms with Gasteiger partial charge in [-0.05, 0) is 30.5 Å². The minimum absolute atomic E-state index is 0.0730. The van der Waals surface area contributed by atoms with Crippen LogP contribution in [0.2, 0.25) is 0 Å². The number of sulfonamides is 1. The molecule has 0 saturated heterocycles. The topological polar surface area (TPSA) is 66.4 Å². The van der Waals surface area contributed by atoms with Gasteiger partial charge in [0.05, 0.1) is 11.5 Å². The highest BCUT2D eigenvalue weighted by molar-refractivity contribution is 7.89. The summed E-state index contributed by atoms with van der Waals surface area (Å²) >= 11 is 0. The molecule has 0 atom stereocenters. The maximum atomic E-state index is 11.7. The highest BCUT2D eigenvalue weighted by atomic mass is 32.2. The Hall–Kier alpha value is -0.910. The quantitative estimate of drug-likeness (QED) is 0.792. The molecule has 0 aliphatic heterocycles. The van der Waals surface area contributed by atoms with Crippen LogP contribution in [-0.2, 0) is 16.6 Å². The van der Waals surface area contributed by atoms with Crippen molar-refractivity contribution in [3.8, 4) is 0 Å². The predicted molar refractivity (Wildman–Crippen MR) is 55.7 cm³/mol. The zero-order valence-corrected chi connectivity index (χ0v) is 9.00. The Bertz CT molecular complexity index is 434. The molecule has 0 amide bonds. The Morgan fingerprint density at radius 2 is 1.87 bits per heavy atom. The lowest BCUT2D eigenvalue weighted by molar-refractivity contribution is 0.282. The van der Waals surface area contributed by atoms with E-state index in [0.29, 0.717) is 5.56 Å². The SMILES string of the molecule is O=S(=O)(NC1CC1)c1ccc(CO)cc1. The van der Waals surface area contributed by atoms with E-state index < -0.39 is 10.0 Å². The van der Waals surface area contributed by atoms with E-state index in [0.717, 1.165) is 12.8 Å². The van der Waals surface area contributed by atoms with Crippen molar-refractivity contribution in [1.29, 1.82) is 0 Å². The van der Waals surface area contributed by atoms with Crippen LogP contribution >= 0.6 is 0 Å². The summed E-state index contributed by atoms with van der Waals surface area (Å²) in [5.41, 5.74) is 0.709. The fourth-order valence-electron chi connectivity index (χ4n) is 1.26. The van der Waals surface area contributed by atoms with Crippen LogP contribution in [0.1, 0.15) is 18.4 Å². The van der Waals surface area contributed by atoms with Gasteiger partial charge in [-0.1, -0.05) is 12.1 Å². The molecule has 0 radical (unpaired) electrons. The Labute approximate surface area is 89.0 Å². The summed E-state index contributed by atoms with van der Waals surface area (Å²) in [5.74, 6) is 0. The lowest BCUT2D eigenvalue weighted by Crippen LogP contribution is -2.25. The maximum Gasteiger partial charge on any atom is 0.240 e. The van der Waals surface area contributed by atoms with Gasteiger partial charge in [0.25, 0.3) is 0 Å². The molecule has 2 rings (SSSR count). The average Bonchev–Trinajstić information content (AvgIpc) is 3.01. The van der Waals surface area contributed by atoms with Crippen molar-refractivity contribution in [2.45, 2.75) is 30.4 Å². The number of aliphatic hydroxyl groups is 1. The van der Waals surface area contributed by atoms with Gasteiger partial charge in [0.15, 0.2) is 0 Å². The molecule has 0 unspecified atom stereocenters. The second-order valence-corrected chi connectivity index (χ2v) is 5.41. The summed E-state index contributed by atoms with van der Waals surface area (Å²) in [5, 5.41) is 8.82. The standard InChI is InChI=1S/C10H13NO3S/c12-7-8-1-5-10(6-2-8)15(13,14)11-9-3-4-9/h1-2,5-6,9,11-12H,3-4,7H2. The van der Waals surface area contributed by atoms with Gasteiger partial charge in [0, 0.05) is 6.04 Å². The van der Waals surface area contributed by atoms with Crippen LogP contribution in [0.5, 0.6) is 0 Å². The predicted octanol–water partition coefficient (Wildman–Crippen LogP) is 0.620. The highest BCUT2D eigenvalue weighted by Crippen LogP contribution is 2.22. The van der Waals surface area contributed by atoms with E-state index in [1.54, 1.807) is 12.1 Å². The molecule has 82 valence electrons. The van der Waals surface area contributed by atoms with Crippen LogP contribution in [0.15, 0.2) is 29.2 Å². The summed E-state index contributed by atoms with van der Waals surface area (Å²) in [4.78, 5) is 0.256. The minimum Gasteiger partial charge on any atom is -0.392 e. The van der Waals surface area contributed by atoms with E-state index in [9.17, 15) is 8.42 Å². The molecule has 0 heterocycles. The van der Waals surface area contributed by atoms with Crippen LogP contribution in [0.3, 0.4) is 0 Å². The highest BCUT2D eigenvalue weighted by Gasteiger charge is 2.27. The van der Waals surface area contributed by atoms with Gasteiger partial charge in [-0.3, -0.25) is 0 Å². The summed E-state index contributed by atoms with van der Waals surface area (Å²) in [6, 6.07) is 6.36. The molecule has 1 aliphatic carbocycles. The van der Waals surface area contributed by atoms with Gasteiger partial charge in [0.1, 0.15) is 0 Å². The summed E-state index contributed by atoms with van der Waals surface area (Å²) in [6.45, 7) is -0.0730. The third-order valence-electron chi connectivity index (χ3n) is 2.32. The van der Waals surface area contributed by atoms with Crippen molar-refractivity contribution < 1.29 is 13.5 Å². The molecular formula is C10H13NO3S. The molecule has 2 N–H and O–H groups in total. The third-order valence-corrected chi connectivity index (χ3v) is 3.85. The zero-order valence-electron chi connectivity index (χ0n) is 8.18. The first-order valence-corrected chi connectivity index (χ1v) is 6.32. The van der Waals surface area contributed by atoms with Gasteiger partial charge in [0.2, 0.25) is 10.0 Å². The molecule has 0 aromatic heterocycles. The Morgan fingerprint density at radius 3 is 2.33 bits per heavy atom. The number of hydrogen-bond acceptors (Lipinski definition) is 3. The van der Waals surface area contributed by atoms with Crippen molar-refractivity contribution >= 4 is 10.0 Å². The summed E-state index contributed by atoms with van der Waals surface area (Å²) < 4.78 is 26.0. The molecule has 5 heteroatoms. The summed E-state index contributed by atoms with van der Waals surface area (Å²) in [7, 11) is -3.35. The lowest BCUT2D eigenvalue weighted by Gasteiger charge is -2.05. The maximum absolute atomic E-state index is 11.7. The number of hydrogen-bond donors (Lipinski definition) is 2. The Kier molecular flexibility index (Phi) is 2.77. The number of aliphatic hydroxyl groups excluding tert-OH is 1. The Morgan fingerprint density at radius 1 is 1.27 bits per heavy atom. The van der Waals surface area contributed by atoms with Gasteiger partial charge in [-0.25, -0.2) is 13.1 Å². The first kappa shape index (κ1) is 10.6. The fraction of sp³-hybridized carbons (Fsp3) is 0.400. The van der Waals surface area contributed by atoms with Gasteiger partial charge in [-0.15, -0.1) is 0 Å². The van der Waals surface area contributed by atoms with Gasteiger partial charge in [-0.2, -0.15) is 0 Å². The van der Waals surface area contributed by atoms with Crippen LogP contribution in [0, 0.1) is 0 Å². The number of nitrogens with one attached hydrogen (secondary N) is 1. The zero-order chi connectivity index (χ0) is 10.9. The van der Waals surface area contributed by atoms with E-state index in [1.807, 2.05) is 0 Å². The van der Waals surface area contributed by atoms with Crippen molar-refractivity contribution in [2.75, 3.05) is 0 Å². The molecular weight excluding hydrogens is 214 g/mol. The monoisotopic (exact) mass is 227 g/mol. The number of benzene rings is 1. The van der Waals surface area contributed by atoms with E-state index in [1.165, 1.54) is 12.1 Å². The normalized spacial score (nSPS) is 16.6. The molecule has 4 nitrogen and oxygen atoms in total. The van der Waals surface area contributed by atoms with Gasteiger partial charge >= 0.3 is 0 Å². The lowest BCUT2D eigenvalue weighted by atomic mass is 10.2. The van der Waals surface area contributed by atoms with Crippen molar-refractivity contribution in [3.63, 3.8) is 0 Å². The van der Waals surface area contributed by atoms with Crippen molar-refractivity contribution in [3.05, 3.63) is 29.8 Å². The Balaban J connectivity index is 2.19. The smallest absolute Gasteiger partial charge is 0.240 e. The van der Waals surface area contributed by atoms with Crippen molar-refractivity contribution in [2.24, 2.45) is 0 Å². The van der Waals surface area contributed by atoms with Crippen LogP contribution < -0.4 is 4.72 Å². The van der Waals surface area contributed by atoms with Crippen LogP contribution in [0.4, 0.5) is 0 Å². The third kappa shape index (κ3) is 2.56. The molecule has 1 aromatic rings. The van der Waals surface area contributed by atoms with Crippen LogP contribution in [-0.4, -0.2) is 19.6 Å². The molecule has 15 heavy (non-hydrogen) atoms. The van der Waals surface area contributed by atoms with Crippen LogP contribution in [0.25, 0.3) is 0 Å². The first-order valence-electron chi connectivity index (χ1n) is 4.84. The molecule has 0 spiro atoms. The molecule has 0 bridgehead atoms. The average molecular weight is 227 g/mol. The van der Waals surface area contributed by atoms with E-state index >= 15 is 0 Å². The minimum atomic E-state index is -3.35. The number of rotatable bonds is 4. The van der Waals surface area contributed by atoms with E-state index in [-0.39, 0.29) is 17.5 Å². The van der Waals surface area contributed by atoms with E-state index in [2.05, 4.69) is 4.72 Å². The second-order valence-electron chi connectivity index (χ2n) is 3.70. The largest absolute Gasteiger partial charge is 0.392 e. The van der Waals surface area contributed by atoms with Gasteiger partial charge < -0.3 is 5.11 Å². The fourth-order valence-corrected chi connectivity index (χ4v) is 2.57.